The van der Waals surface area contributed by atoms with E-state index in [0.29, 0.717) is 16.8 Å². The highest BCUT2D eigenvalue weighted by Crippen LogP contribution is 2.31. The van der Waals surface area contributed by atoms with E-state index in [1.54, 1.807) is 36.4 Å². The average Bonchev–Trinajstić information content (AvgIpc) is 2.82. The summed E-state index contributed by atoms with van der Waals surface area (Å²) in [5, 5.41) is 16.2. The van der Waals surface area contributed by atoms with Crippen LogP contribution in [0.3, 0.4) is 0 Å². The summed E-state index contributed by atoms with van der Waals surface area (Å²) < 4.78 is 0. The molecule has 0 aliphatic heterocycles. The first-order valence-electron chi connectivity index (χ1n) is 9.85. The van der Waals surface area contributed by atoms with E-state index in [4.69, 9.17) is 0 Å². The van der Waals surface area contributed by atoms with Gasteiger partial charge in [-0.3, -0.25) is 30.6 Å². The Labute approximate surface area is 187 Å². The predicted molar refractivity (Wildman–Crippen MR) is 123 cm³/mol. The topological polar surface area (TPSA) is 139 Å². The lowest BCUT2D eigenvalue weighted by molar-refractivity contribution is -0.383. The molecule has 4 aromatic rings. The summed E-state index contributed by atoms with van der Waals surface area (Å²) in [6.45, 7) is 1.45. The Morgan fingerprint density at radius 3 is 2.33 bits per heavy atom. The number of carbonyl (C=O) groups excluding carboxylic acids is 2. The third kappa shape index (κ3) is 4.59. The Balaban J connectivity index is 1.57. The number of aromatic nitrogens is 2. The molecule has 10 nitrogen and oxygen atoms in total. The van der Waals surface area contributed by atoms with Gasteiger partial charge in [-0.2, -0.15) is 0 Å². The van der Waals surface area contributed by atoms with E-state index in [1.165, 1.54) is 6.92 Å². The quantitative estimate of drug-likeness (QED) is 0.219. The third-order valence-corrected chi connectivity index (χ3v) is 4.89. The smallest absolute Gasteiger partial charge is 0.334 e. The SMILES string of the molecule is CC(=O)c1ccc(Nc2ncnc(NNC(=O)c3cccc4ccccc34)c2[N+](=O)[O-])cc1. The fraction of sp³-hybridized carbons (Fsp3) is 0.0435. The number of hydrogen-bond donors (Lipinski definition) is 3. The number of hydrazine groups is 1. The monoisotopic (exact) mass is 442 g/mol. The van der Waals surface area contributed by atoms with Crippen LogP contribution < -0.4 is 16.2 Å². The molecule has 1 amide bonds. The number of benzene rings is 3. The predicted octanol–water partition coefficient (Wildman–Crippen LogP) is 4.24. The van der Waals surface area contributed by atoms with Crippen LogP contribution in [0.1, 0.15) is 27.6 Å². The van der Waals surface area contributed by atoms with Crippen molar-refractivity contribution in [2.45, 2.75) is 6.92 Å². The molecule has 0 saturated heterocycles. The van der Waals surface area contributed by atoms with E-state index < -0.39 is 16.5 Å². The number of hydrogen-bond acceptors (Lipinski definition) is 8. The number of Topliss-reactive ketones (excluding diaryl/α,β-unsaturated/α-hetero) is 1. The van der Waals surface area contributed by atoms with Crippen molar-refractivity contribution in [2.24, 2.45) is 0 Å². The third-order valence-electron chi connectivity index (χ3n) is 4.89. The van der Waals surface area contributed by atoms with Crippen molar-refractivity contribution in [3.05, 3.63) is 94.3 Å². The molecule has 0 aliphatic carbocycles. The Hall–Kier alpha value is -4.86. The van der Waals surface area contributed by atoms with Crippen molar-refractivity contribution in [2.75, 3.05) is 10.7 Å². The molecule has 4 rings (SSSR count). The highest BCUT2D eigenvalue weighted by Gasteiger charge is 2.24. The first-order valence-corrected chi connectivity index (χ1v) is 9.85. The van der Waals surface area contributed by atoms with Gasteiger partial charge in [-0.05, 0) is 48.0 Å². The zero-order chi connectivity index (χ0) is 23.4. The van der Waals surface area contributed by atoms with E-state index in [-0.39, 0.29) is 17.4 Å². The van der Waals surface area contributed by atoms with E-state index in [2.05, 4.69) is 26.1 Å². The van der Waals surface area contributed by atoms with Crippen LogP contribution >= 0.6 is 0 Å². The van der Waals surface area contributed by atoms with E-state index in [0.717, 1.165) is 17.1 Å². The molecule has 3 aromatic carbocycles. The largest absolute Gasteiger partial charge is 0.355 e. The van der Waals surface area contributed by atoms with Crippen LogP contribution in [-0.2, 0) is 0 Å². The zero-order valence-electron chi connectivity index (χ0n) is 17.4. The van der Waals surface area contributed by atoms with Crippen molar-refractivity contribution in [1.29, 1.82) is 0 Å². The molecular formula is C23H18N6O4. The first kappa shape index (κ1) is 21.4. The molecule has 0 aliphatic rings. The van der Waals surface area contributed by atoms with Crippen LogP contribution in [0.25, 0.3) is 10.8 Å². The zero-order valence-corrected chi connectivity index (χ0v) is 17.4. The molecule has 0 fully saturated rings. The number of carbonyl (C=O) groups is 2. The normalized spacial score (nSPS) is 10.5. The maximum absolute atomic E-state index is 12.7. The molecule has 0 bridgehead atoms. The maximum atomic E-state index is 12.7. The van der Waals surface area contributed by atoms with Gasteiger partial charge in [0.15, 0.2) is 5.78 Å². The van der Waals surface area contributed by atoms with Crippen LogP contribution in [0.5, 0.6) is 0 Å². The molecule has 0 saturated carbocycles. The lowest BCUT2D eigenvalue weighted by atomic mass is 10.0. The molecule has 1 aromatic heterocycles. The summed E-state index contributed by atoms with van der Waals surface area (Å²) >= 11 is 0. The van der Waals surface area contributed by atoms with Crippen LogP contribution in [0.4, 0.5) is 23.0 Å². The van der Waals surface area contributed by atoms with Gasteiger partial charge >= 0.3 is 5.69 Å². The number of nitrogens with one attached hydrogen (secondary N) is 3. The number of nitrogens with zero attached hydrogens (tertiary/aromatic N) is 3. The van der Waals surface area contributed by atoms with Crippen molar-refractivity contribution in [3.63, 3.8) is 0 Å². The van der Waals surface area contributed by atoms with Gasteiger partial charge in [-0.25, -0.2) is 9.97 Å². The minimum atomic E-state index is -0.654. The fourth-order valence-corrected chi connectivity index (χ4v) is 3.27. The van der Waals surface area contributed by atoms with Crippen molar-refractivity contribution >= 4 is 45.5 Å². The number of nitro groups is 1. The second-order valence-electron chi connectivity index (χ2n) is 7.04. The number of rotatable bonds is 7. The highest BCUT2D eigenvalue weighted by atomic mass is 16.6. The average molecular weight is 442 g/mol. The molecule has 0 spiro atoms. The van der Waals surface area contributed by atoms with Gasteiger partial charge in [0.25, 0.3) is 5.91 Å². The second-order valence-corrected chi connectivity index (χ2v) is 7.04. The lowest BCUT2D eigenvalue weighted by Gasteiger charge is -2.12. The highest BCUT2D eigenvalue weighted by molar-refractivity contribution is 6.07. The number of fused-ring (bicyclic) bond motifs is 1. The van der Waals surface area contributed by atoms with Gasteiger partial charge in [0, 0.05) is 16.8 Å². The van der Waals surface area contributed by atoms with E-state index in [1.807, 2.05) is 30.3 Å². The summed E-state index contributed by atoms with van der Waals surface area (Å²) in [5.41, 5.74) is 5.95. The summed E-state index contributed by atoms with van der Waals surface area (Å²) in [6.07, 6.45) is 1.13. The Morgan fingerprint density at radius 2 is 1.61 bits per heavy atom. The van der Waals surface area contributed by atoms with Crippen molar-refractivity contribution < 1.29 is 14.5 Å². The lowest BCUT2D eigenvalue weighted by Crippen LogP contribution is -2.30. The van der Waals surface area contributed by atoms with E-state index in [9.17, 15) is 19.7 Å². The molecule has 33 heavy (non-hydrogen) atoms. The molecule has 0 atom stereocenters. The summed E-state index contributed by atoms with van der Waals surface area (Å²) in [4.78, 5) is 43.1. The van der Waals surface area contributed by atoms with Gasteiger partial charge in [0.2, 0.25) is 11.6 Å². The number of anilines is 3. The molecule has 10 heteroatoms. The number of ketones is 1. The van der Waals surface area contributed by atoms with Crippen molar-refractivity contribution in [1.82, 2.24) is 15.4 Å². The van der Waals surface area contributed by atoms with Gasteiger partial charge < -0.3 is 5.32 Å². The maximum Gasteiger partial charge on any atom is 0.355 e. The van der Waals surface area contributed by atoms with Crippen LogP contribution in [0, 0.1) is 10.1 Å². The van der Waals surface area contributed by atoms with Gasteiger partial charge in [0.05, 0.1) is 4.92 Å². The second kappa shape index (κ2) is 9.10. The minimum absolute atomic E-state index is 0.0764. The molecular weight excluding hydrogens is 424 g/mol. The Bertz CT molecular complexity index is 1370. The van der Waals surface area contributed by atoms with Crippen LogP contribution in [0.15, 0.2) is 73.1 Å². The molecule has 164 valence electrons. The van der Waals surface area contributed by atoms with Crippen LogP contribution in [-0.4, -0.2) is 26.6 Å². The molecule has 1 heterocycles. The van der Waals surface area contributed by atoms with E-state index >= 15 is 0 Å². The summed E-state index contributed by atoms with van der Waals surface area (Å²) in [7, 11) is 0. The summed E-state index contributed by atoms with van der Waals surface area (Å²) in [6, 6.07) is 19.1. The molecule has 3 N–H and O–H groups in total. The van der Waals surface area contributed by atoms with Crippen LogP contribution in [0.2, 0.25) is 0 Å². The Morgan fingerprint density at radius 1 is 0.909 bits per heavy atom. The molecule has 0 radical (unpaired) electrons. The fourth-order valence-electron chi connectivity index (χ4n) is 3.27. The van der Waals surface area contributed by atoms with Crippen molar-refractivity contribution in [3.8, 4) is 0 Å². The first-order chi connectivity index (χ1) is 15.9. The number of amides is 1. The Kier molecular flexibility index (Phi) is 5.90. The van der Waals surface area contributed by atoms with Gasteiger partial charge in [-0.15, -0.1) is 0 Å². The standard InChI is InChI=1S/C23H18N6O4/c1-14(30)15-9-11-17(12-10-15)26-21-20(29(32)33)22(25-13-24-21)27-28-23(31)19-8-4-6-16-5-2-3-7-18(16)19/h2-13H,1H3,(H,28,31)(H2,24,25,26,27). The minimum Gasteiger partial charge on any atom is -0.334 e. The van der Waals surface area contributed by atoms with Gasteiger partial charge in [0.1, 0.15) is 6.33 Å². The van der Waals surface area contributed by atoms with Gasteiger partial charge in [-0.1, -0.05) is 36.4 Å². The molecule has 0 unspecified atom stereocenters. The summed E-state index contributed by atoms with van der Waals surface area (Å²) in [5.74, 6) is -0.837.